The molecule has 3 aromatic rings. The van der Waals surface area contributed by atoms with E-state index in [4.69, 9.17) is 23.4 Å². The topological polar surface area (TPSA) is 144 Å². The third-order valence-electron chi connectivity index (χ3n) is 6.23. The van der Waals surface area contributed by atoms with E-state index in [1.807, 2.05) is 0 Å². The monoisotopic (exact) mass is 571 g/mol. The first-order valence-corrected chi connectivity index (χ1v) is 14.7. The highest BCUT2D eigenvalue weighted by molar-refractivity contribution is 7.57. The molecular weight excluding hydrogens is 541 g/mol. The third-order valence-corrected chi connectivity index (χ3v) is 8.01. The number of carbonyl (C=O) groups is 2. The fourth-order valence-electron chi connectivity index (χ4n) is 4.43. The minimum absolute atomic E-state index is 0.0353. The van der Waals surface area contributed by atoms with Crippen molar-refractivity contribution in [2.45, 2.75) is 45.5 Å². The molecule has 0 spiro atoms. The predicted octanol–water partition coefficient (Wildman–Crippen LogP) is 3.75. The molecule has 1 fully saturated rings. The Kier molecular flexibility index (Phi) is 8.67. The lowest BCUT2D eigenvalue weighted by Gasteiger charge is -2.26. The van der Waals surface area contributed by atoms with E-state index in [-0.39, 0.29) is 36.8 Å². The molecule has 14 heteroatoms. The van der Waals surface area contributed by atoms with Crippen LogP contribution in [0, 0.1) is 0 Å². The number of carbonyl (C=O) groups excluding carboxylic acids is 2. The maximum Gasteiger partial charge on any atom is 0.353 e. The number of amides is 2. The van der Waals surface area contributed by atoms with Crippen molar-refractivity contribution in [2.75, 3.05) is 31.3 Å². The molecule has 212 valence electrons. The molecule has 0 radical (unpaired) electrons. The Bertz CT molecular complexity index is 1410. The van der Waals surface area contributed by atoms with Gasteiger partial charge in [0.05, 0.1) is 24.3 Å². The van der Waals surface area contributed by atoms with Gasteiger partial charge in [-0.25, -0.2) is 19.9 Å². The first-order chi connectivity index (χ1) is 19.4. The molecule has 4 heterocycles. The zero-order chi connectivity index (χ0) is 28.1. The summed E-state index contributed by atoms with van der Waals surface area (Å²) < 4.78 is 36.8. The molecule has 2 aromatic heterocycles. The molecule has 1 aromatic carbocycles. The minimum Gasteiger partial charge on any atom is -0.408 e. The van der Waals surface area contributed by atoms with Gasteiger partial charge in [0.25, 0.3) is 11.8 Å². The van der Waals surface area contributed by atoms with Crippen molar-refractivity contribution in [2.24, 2.45) is 0 Å². The normalized spacial score (nSPS) is 18.6. The second kappa shape index (κ2) is 12.4. The zero-order valence-electron chi connectivity index (χ0n) is 22.2. The highest BCUT2D eigenvalue weighted by atomic mass is 31.2. The van der Waals surface area contributed by atoms with Crippen molar-refractivity contribution in [1.29, 1.82) is 0 Å². The van der Waals surface area contributed by atoms with Gasteiger partial charge in [0.1, 0.15) is 25.4 Å². The van der Waals surface area contributed by atoms with Crippen LogP contribution >= 0.6 is 7.60 Å². The lowest BCUT2D eigenvalue weighted by molar-refractivity contribution is -0.187. The van der Waals surface area contributed by atoms with Crippen molar-refractivity contribution in [1.82, 2.24) is 19.7 Å². The quantitative estimate of drug-likeness (QED) is 0.232. The summed E-state index contributed by atoms with van der Waals surface area (Å²) in [6.07, 6.45) is 5.66. The van der Waals surface area contributed by atoms with Crippen LogP contribution < -0.4 is 9.74 Å². The van der Waals surface area contributed by atoms with Gasteiger partial charge >= 0.3 is 7.60 Å². The molecule has 40 heavy (non-hydrogen) atoms. The van der Waals surface area contributed by atoms with E-state index in [2.05, 4.69) is 15.0 Å². The SMILES string of the molecule is CCOP(=O)(C=C[C@@H](COn1cnc2c(N3C(=O)c4ccccc4C3=O)ncnc21)O[C@@H]1CCCCO1)OCC. The number of nitrogens with zero attached hydrogens (tertiary/aromatic N) is 5. The summed E-state index contributed by atoms with van der Waals surface area (Å²) >= 11 is 0. The first kappa shape index (κ1) is 28.1. The average molecular weight is 572 g/mol. The lowest BCUT2D eigenvalue weighted by atomic mass is 10.1. The van der Waals surface area contributed by atoms with E-state index in [9.17, 15) is 14.2 Å². The molecule has 0 N–H and O–H groups in total. The summed E-state index contributed by atoms with van der Waals surface area (Å²) in [5.41, 5.74) is 1.04. The van der Waals surface area contributed by atoms with Crippen LogP contribution in [0.15, 0.2) is 48.8 Å². The number of hydrogen-bond donors (Lipinski definition) is 0. The lowest BCUT2D eigenvalue weighted by Crippen LogP contribution is -2.32. The molecule has 2 aliphatic rings. The molecule has 0 saturated carbocycles. The molecule has 0 unspecified atom stereocenters. The van der Waals surface area contributed by atoms with Crippen LogP contribution in [-0.4, -0.2) is 70.3 Å². The Hall–Kier alpha value is -3.48. The van der Waals surface area contributed by atoms with E-state index in [1.165, 1.54) is 23.2 Å². The van der Waals surface area contributed by atoms with Crippen molar-refractivity contribution >= 4 is 36.4 Å². The second-order valence-corrected chi connectivity index (χ2v) is 10.8. The number of aromatic nitrogens is 4. The van der Waals surface area contributed by atoms with Crippen LogP contribution in [-0.2, 0) is 23.1 Å². The standard InChI is InChI=1S/C26H30N5O8P/c1-3-37-40(34,38-4-2)14-12-18(39-21-11-7-8-13-35-21)15-36-30-17-29-22-23(30)27-16-28-24(22)31-25(32)19-9-5-6-10-20(19)26(31)33/h5-6,9-10,12,14,16-18,21H,3-4,7-8,11,13,15H2,1-2H3/t18-,21+/m0/s1. The number of imidazole rings is 1. The number of benzene rings is 1. The molecule has 5 rings (SSSR count). The van der Waals surface area contributed by atoms with Crippen LogP contribution in [0.3, 0.4) is 0 Å². The van der Waals surface area contributed by atoms with E-state index in [0.29, 0.717) is 24.2 Å². The van der Waals surface area contributed by atoms with Crippen molar-refractivity contribution in [3.8, 4) is 0 Å². The minimum atomic E-state index is -3.47. The van der Waals surface area contributed by atoms with Crippen LogP contribution in [0.4, 0.5) is 5.82 Å². The Balaban J connectivity index is 1.37. The Morgan fingerprint density at radius 2 is 1.80 bits per heavy atom. The largest absolute Gasteiger partial charge is 0.408 e. The summed E-state index contributed by atoms with van der Waals surface area (Å²) in [7, 11) is -3.47. The fourth-order valence-corrected chi connectivity index (χ4v) is 5.80. The number of rotatable bonds is 12. The molecule has 0 bridgehead atoms. The van der Waals surface area contributed by atoms with Crippen LogP contribution in [0.1, 0.15) is 53.8 Å². The summed E-state index contributed by atoms with van der Waals surface area (Å²) in [6.45, 7) is 4.44. The van der Waals surface area contributed by atoms with E-state index in [1.54, 1.807) is 44.2 Å². The number of hydrogen-bond acceptors (Lipinski definition) is 11. The van der Waals surface area contributed by atoms with Gasteiger partial charge in [-0.3, -0.25) is 14.2 Å². The summed E-state index contributed by atoms with van der Waals surface area (Å²) in [5.74, 6) is 0.437. The summed E-state index contributed by atoms with van der Waals surface area (Å²) in [5, 5.41) is 0. The van der Waals surface area contributed by atoms with E-state index >= 15 is 0 Å². The molecular formula is C26H30N5O8P. The van der Waals surface area contributed by atoms with Crippen molar-refractivity contribution < 1.29 is 37.5 Å². The predicted molar refractivity (Wildman–Crippen MR) is 143 cm³/mol. The van der Waals surface area contributed by atoms with Crippen molar-refractivity contribution in [3.05, 3.63) is 59.9 Å². The van der Waals surface area contributed by atoms with Gasteiger partial charge in [0, 0.05) is 12.4 Å². The zero-order valence-corrected chi connectivity index (χ0v) is 23.1. The maximum atomic E-state index is 13.0. The number of anilines is 1. The van der Waals surface area contributed by atoms with Crippen molar-refractivity contribution in [3.63, 3.8) is 0 Å². The van der Waals surface area contributed by atoms with Gasteiger partial charge in [-0.15, -0.1) is 0 Å². The number of imide groups is 1. The molecule has 13 nitrogen and oxygen atoms in total. The molecule has 1 saturated heterocycles. The van der Waals surface area contributed by atoms with E-state index < -0.39 is 31.8 Å². The van der Waals surface area contributed by atoms with Gasteiger partial charge in [-0.1, -0.05) is 12.1 Å². The highest BCUT2D eigenvalue weighted by Gasteiger charge is 2.38. The van der Waals surface area contributed by atoms with Crippen LogP contribution in [0.5, 0.6) is 0 Å². The molecule has 2 atom stereocenters. The average Bonchev–Trinajstić information content (AvgIpc) is 3.49. The first-order valence-electron chi connectivity index (χ1n) is 13.1. The summed E-state index contributed by atoms with van der Waals surface area (Å²) in [4.78, 5) is 45.7. The van der Waals surface area contributed by atoms with Gasteiger partial charge < -0.3 is 23.4 Å². The Labute approximate surface area is 230 Å². The Morgan fingerprint density at radius 3 is 2.45 bits per heavy atom. The van der Waals surface area contributed by atoms with Gasteiger partial charge in [0.15, 0.2) is 17.6 Å². The highest BCUT2D eigenvalue weighted by Crippen LogP contribution is 2.49. The number of ether oxygens (including phenoxy) is 2. The van der Waals surface area contributed by atoms with Gasteiger partial charge in [-0.2, -0.15) is 4.73 Å². The smallest absolute Gasteiger partial charge is 0.353 e. The maximum absolute atomic E-state index is 13.0. The van der Waals surface area contributed by atoms with E-state index in [0.717, 1.165) is 17.7 Å². The van der Waals surface area contributed by atoms with Gasteiger partial charge in [0.2, 0.25) is 5.65 Å². The van der Waals surface area contributed by atoms with Crippen LogP contribution in [0.25, 0.3) is 11.2 Å². The van der Waals surface area contributed by atoms with Crippen LogP contribution in [0.2, 0.25) is 0 Å². The second-order valence-electron chi connectivity index (χ2n) is 8.91. The third kappa shape index (κ3) is 5.84. The Morgan fingerprint density at radius 1 is 1.07 bits per heavy atom. The number of fused-ring (bicyclic) bond motifs is 2. The fraction of sp³-hybridized carbons (Fsp3) is 0.423. The van der Waals surface area contributed by atoms with Gasteiger partial charge in [-0.05, 0) is 51.3 Å². The molecule has 2 amide bonds. The molecule has 0 aliphatic carbocycles. The molecule has 2 aliphatic heterocycles. The summed E-state index contributed by atoms with van der Waals surface area (Å²) in [6, 6.07) is 6.57.